The second-order valence-corrected chi connectivity index (χ2v) is 9.15. The van der Waals surface area contributed by atoms with Gasteiger partial charge < -0.3 is 28.4 Å². The lowest BCUT2D eigenvalue weighted by atomic mass is 10.0. The molecule has 0 amide bonds. The average molecular weight is 441 g/mol. The van der Waals surface area contributed by atoms with Crippen LogP contribution >= 0.6 is 0 Å². The Kier molecular flexibility index (Phi) is 6.60. The van der Waals surface area contributed by atoms with E-state index in [0.717, 1.165) is 18.4 Å². The lowest BCUT2D eigenvalue weighted by Crippen LogP contribution is -2.39. The summed E-state index contributed by atoms with van der Waals surface area (Å²) in [5.41, 5.74) is 2.32. The third-order valence-corrected chi connectivity index (χ3v) is 6.15. The molecule has 32 heavy (non-hydrogen) atoms. The van der Waals surface area contributed by atoms with Crippen molar-refractivity contribution < 1.29 is 28.4 Å². The molecule has 2 aromatic carbocycles. The zero-order valence-electron chi connectivity index (χ0n) is 18.7. The molecule has 5 rings (SSSR count). The summed E-state index contributed by atoms with van der Waals surface area (Å²) >= 11 is 0. The Labute approximate surface area is 189 Å². The molecule has 0 unspecified atom stereocenters. The first-order chi connectivity index (χ1) is 15.6. The maximum absolute atomic E-state index is 6.32. The second kappa shape index (κ2) is 9.59. The van der Waals surface area contributed by atoms with Gasteiger partial charge in [0.15, 0.2) is 12.1 Å². The second-order valence-electron chi connectivity index (χ2n) is 9.15. The Morgan fingerprint density at radius 2 is 1.47 bits per heavy atom. The van der Waals surface area contributed by atoms with Crippen LogP contribution in [-0.2, 0) is 41.6 Å². The molecule has 0 spiro atoms. The van der Waals surface area contributed by atoms with E-state index in [1.165, 1.54) is 5.56 Å². The highest BCUT2D eigenvalue weighted by atomic mass is 16.8. The molecule has 6 nitrogen and oxygen atoms in total. The number of hydrogen-bond acceptors (Lipinski definition) is 6. The quantitative estimate of drug-likeness (QED) is 0.407. The highest BCUT2D eigenvalue weighted by Gasteiger charge is 2.61. The minimum absolute atomic E-state index is 0.00538. The van der Waals surface area contributed by atoms with Crippen LogP contribution in [0.2, 0.25) is 0 Å². The van der Waals surface area contributed by atoms with Crippen LogP contribution in [0, 0.1) is 0 Å². The van der Waals surface area contributed by atoms with Crippen molar-refractivity contribution in [2.24, 2.45) is 0 Å². The summed E-state index contributed by atoms with van der Waals surface area (Å²) in [4.78, 5) is 0. The van der Waals surface area contributed by atoms with Gasteiger partial charge in [0.1, 0.15) is 24.4 Å². The van der Waals surface area contributed by atoms with Crippen molar-refractivity contribution >= 4 is 0 Å². The number of ether oxygens (including phenoxy) is 6. The molecule has 3 heterocycles. The van der Waals surface area contributed by atoms with Crippen molar-refractivity contribution in [2.75, 3.05) is 6.61 Å². The monoisotopic (exact) mass is 440 g/mol. The number of fused-ring (bicyclic) bond motifs is 1. The Morgan fingerprint density at radius 1 is 0.781 bits per heavy atom. The predicted octanol–water partition coefficient (Wildman–Crippen LogP) is 4.21. The van der Waals surface area contributed by atoms with Gasteiger partial charge in [0, 0.05) is 6.61 Å². The van der Waals surface area contributed by atoms with E-state index in [1.54, 1.807) is 0 Å². The standard InChI is InChI=1S/C26H32O6/c1-26(2)31-24-22(28-17-19-12-7-4-8-13-19)23(30-25(24)32-26)21-20(29-21)14-9-15-27-16-18-10-5-3-6-11-18/h3-8,10-13,20-25H,9,14-17H2,1-2H3/t20-,21+,22-,23+,24+,25+/m0/s1. The summed E-state index contributed by atoms with van der Waals surface area (Å²) in [6.45, 7) is 5.67. The molecular formula is C26H32O6. The van der Waals surface area contributed by atoms with Gasteiger partial charge in [-0.2, -0.15) is 0 Å². The first-order valence-corrected chi connectivity index (χ1v) is 11.5. The van der Waals surface area contributed by atoms with Crippen LogP contribution in [0.1, 0.15) is 37.8 Å². The maximum atomic E-state index is 6.32. The highest BCUT2D eigenvalue weighted by Crippen LogP contribution is 2.44. The van der Waals surface area contributed by atoms with E-state index in [0.29, 0.717) is 19.8 Å². The van der Waals surface area contributed by atoms with E-state index in [2.05, 4.69) is 24.3 Å². The molecule has 6 heteroatoms. The largest absolute Gasteiger partial charge is 0.377 e. The Hall–Kier alpha value is -1.80. The lowest BCUT2D eigenvalue weighted by molar-refractivity contribution is -0.221. The van der Waals surface area contributed by atoms with Gasteiger partial charge in [-0.1, -0.05) is 60.7 Å². The minimum Gasteiger partial charge on any atom is -0.377 e. The van der Waals surface area contributed by atoms with E-state index >= 15 is 0 Å². The molecule has 3 aliphatic heterocycles. The normalized spacial score (nSPS) is 32.7. The zero-order chi connectivity index (χ0) is 22.0. The molecule has 3 aliphatic rings. The molecule has 0 bridgehead atoms. The average Bonchev–Trinajstić information content (AvgIpc) is 3.40. The van der Waals surface area contributed by atoms with Crippen molar-refractivity contribution in [1.29, 1.82) is 0 Å². The molecule has 0 saturated carbocycles. The molecule has 6 atom stereocenters. The van der Waals surface area contributed by atoms with Gasteiger partial charge in [0.05, 0.1) is 19.3 Å². The van der Waals surface area contributed by atoms with Crippen molar-refractivity contribution in [3.05, 3.63) is 71.8 Å². The first-order valence-electron chi connectivity index (χ1n) is 11.5. The zero-order valence-corrected chi connectivity index (χ0v) is 18.7. The minimum atomic E-state index is -0.672. The van der Waals surface area contributed by atoms with Crippen molar-refractivity contribution in [3.63, 3.8) is 0 Å². The third kappa shape index (κ3) is 5.22. The van der Waals surface area contributed by atoms with Gasteiger partial charge in [-0.15, -0.1) is 0 Å². The Bertz CT molecular complexity index is 857. The smallest absolute Gasteiger partial charge is 0.190 e. The van der Waals surface area contributed by atoms with Crippen LogP contribution in [0.4, 0.5) is 0 Å². The van der Waals surface area contributed by atoms with Crippen molar-refractivity contribution in [2.45, 2.75) is 82.5 Å². The van der Waals surface area contributed by atoms with Crippen LogP contribution in [0.15, 0.2) is 60.7 Å². The molecule has 172 valence electrons. The third-order valence-electron chi connectivity index (χ3n) is 6.15. The first kappa shape index (κ1) is 22.0. The molecule has 0 radical (unpaired) electrons. The van der Waals surface area contributed by atoms with Gasteiger partial charge in [0.2, 0.25) is 0 Å². The Morgan fingerprint density at radius 3 is 2.19 bits per heavy atom. The molecule has 3 fully saturated rings. The van der Waals surface area contributed by atoms with Crippen molar-refractivity contribution in [1.82, 2.24) is 0 Å². The maximum Gasteiger partial charge on any atom is 0.190 e. The van der Waals surface area contributed by atoms with Gasteiger partial charge in [-0.25, -0.2) is 0 Å². The number of rotatable bonds is 10. The summed E-state index contributed by atoms with van der Waals surface area (Å²) in [6, 6.07) is 20.4. The summed E-state index contributed by atoms with van der Waals surface area (Å²) in [5.74, 6) is -0.672. The van der Waals surface area contributed by atoms with Crippen LogP contribution in [-0.4, -0.2) is 49.2 Å². The molecule has 3 saturated heterocycles. The van der Waals surface area contributed by atoms with E-state index in [4.69, 9.17) is 28.4 Å². The van der Waals surface area contributed by atoms with Crippen LogP contribution < -0.4 is 0 Å². The molecule has 0 aromatic heterocycles. The Balaban J connectivity index is 1.11. The van der Waals surface area contributed by atoms with E-state index in [-0.39, 0.29) is 30.5 Å². The predicted molar refractivity (Wildman–Crippen MR) is 118 cm³/mol. The van der Waals surface area contributed by atoms with E-state index in [1.807, 2.05) is 50.2 Å². The lowest BCUT2D eigenvalue weighted by Gasteiger charge is -2.25. The summed E-state index contributed by atoms with van der Waals surface area (Å²) in [6.07, 6.45) is 0.955. The number of epoxide rings is 1. The topological polar surface area (TPSA) is 58.7 Å². The summed E-state index contributed by atoms with van der Waals surface area (Å²) in [7, 11) is 0. The van der Waals surface area contributed by atoms with Crippen LogP contribution in [0.3, 0.4) is 0 Å². The van der Waals surface area contributed by atoms with Crippen LogP contribution in [0.5, 0.6) is 0 Å². The van der Waals surface area contributed by atoms with Gasteiger partial charge in [-0.05, 0) is 37.8 Å². The fourth-order valence-corrected chi connectivity index (χ4v) is 4.55. The highest BCUT2D eigenvalue weighted by molar-refractivity contribution is 5.14. The van der Waals surface area contributed by atoms with E-state index in [9.17, 15) is 0 Å². The fourth-order valence-electron chi connectivity index (χ4n) is 4.55. The summed E-state index contributed by atoms with van der Waals surface area (Å²) < 4.78 is 36.4. The van der Waals surface area contributed by atoms with Gasteiger partial charge >= 0.3 is 0 Å². The van der Waals surface area contributed by atoms with Gasteiger partial charge in [0.25, 0.3) is 0 Å². The summed E-state index contributed by atoms with van der Waals surface area (Å²) in [5, 5.41) is 0. The van der Waals surface area contributed by atoms with Crippen LogP contribution in [0.25, 0.3) is 0 Å². The molecule has 0 aliphatic carbocycles. The molecular weight excluding hydrogens is 408 g/mol. The van der Waals surface area contributed by atoms with Crippen molar-refractivity contribution in [3.8, 4) is 0 Å². The molecule has 0 N–H and O–H groups in total. The van der Waals surface area contributed by atoms with E-state index < -0.39 is 12.1 Å². The fraction of sp³-hybridized carbons (Fsp3) is 0.538. The SMILES string of the molecule is CC1(C)O[C@H]2O[C@H]([C@@H]3O[C@H]3CCCOCc3ccccc3)[C@H](OCc3ccccc3)[C@H]2O1. The molecule has 2 aromatic rings. The number of benzene rings is 2. The van der Waals surface area contributed by atoms with Gasteiger partial charge in [-0.3, -0.25) is 0 Å². The number of hydrogen-bond donors (Lipinski definition) is 0.